The molecule has 0 aromatic carbocycles. The molecule has 11 N–H and O–H groups in total. The summed E-state index contributed by atoms with van der Waals surface area (Å²) in [6.07, 6.45) is -1.12. The van der Waals surface area contributed by atoms with Gasteiger partial charge in [0.1, 0.15) is 37.3 Å². The van der Waals surface area contributed by atoms with Crippen LogP contribution in [0.1, 0.15) is 25.7 Å². The summed E-state index contributed by atoms with van der Waals surface area (Å²) in [5, 5.41) is 42.3. The molecule has 0 spiro atoms. The van der Waals surface area contributed by atoms with E-state index in [0.29, 0.717) is 0 Å². The largest absolute Gasteiger partial charge is 0.480 e. The fraction of sp³-hybridized carbons (Fsp3) is 0.619. The number of carboxylic acids is 4. The molecule has 0 saturated carbocycles. The molecule has 18 nitrogen and oxygen atoms in total. The van der Waals surface area contributed by atoms with Gasteiger partial charge in [-0.05, 0) is 12.8 Å². The molecule has 0 radical (unpaired) electrons. The van der Waals surface area contributed by atoms with Gasteiger partial charge >= 0.3 is 23.9 Å². The van der Waals surface area contributed by atoms with Crippen molar-refractivity contribution < 1.29 is 58.8 Å². The number of likely N-dealkylation sites (N-methyl/N-ethyl adjacent to an activating group) is 1. The SMILES string of the molecule is CN(CC(=O)O)C(=O)[C@H](CSSC[C@H](NC(=O)CC[C@H](N)C(=O)O)C(=O)NCC(=O)O)NC(=O)CC[C@H](N)C(=O)O. The van der Waals surface area contributed by atoms with Gasteiger partial charge in [0, 0.05) is 31.4 Å². The zero-order valence-electron chi connectivity index (χ0n) is 21.9. The van der Waals surface area contributed by atoms with Crippen LogP contribution >= 0.6 is 21.6 Å². The summed E-state index contributed by atoms with van der Waals surface area (Å²) in [4.78, 5) is 94.0. The molecule has 4 atom stereocenters. The molecule has 0 rings (SSSR count). The Kier molecular flexibility index (Phi) is 17.7. The Morgan fingerprint density at radius 1 is 0.732 bits per heavy atom. The number of carbonyl (C=O) groups excluding carboxylic acids is 4. The number of aliphatic carboxylic acids is 4. The van der Waals surface area contributed by atoms with Crippen LogP contribution < -0.4 is 27.4 Å². The number of hydrogen-bond acceptors (Lipinski definition) is 12. The summed E-state index contributed by atoms with van der Waals surface area (Å²) in [5.41, 5.74) is 10.7. The van der Waals surface area contributed by atoms with Crippen molar-refractivity contribution in [3.05, 3.63) is 0 Å². The van der Waals surface area contributed by atoms with Gasteiger partial charge in [0.2, 0.25) is 23.6 Å². The monoisotopic (exact) mass is 626 g/mol. The van der Waals surface area contributed by atoms with Crippen LogP contribution in [-0.4, -0.2) is 129 Å². The number of amides is 4. The third kappa shape index (κ3) is 16.9. The summed E-state index contributed by atoms with van der Waals surface area (Å²) in [5.74, 6) is -8.66. The quantitative estimate of drug-likeness (QED) is 0.0440. The Hall–Kier alpha value is -3.62. The second-order valence-electron chi connectivity index (χ2n) is 8.48. The fourth-order valence-electron chi connectivity index (χ4n) is 2.78. The molecule has 0 bridgehead atoms. The van der Waals surface area contributed by atoms with E-state index in [0.717, 1.165) is 26.5 Å². The molecule has 0 unspecified atom stereocenters. The summed E-state index contributed by atoms with van der Waals surface area (Å²) in [7, 11) is 3.11. The molecule has 0 aromatic heterocycles. The van der Waals surface area contributed by atoms with E-state index in [1.54, 1.807) is 0 Å². The van der Waals surface area contributed by atoms with Crippen molar-refractivity contribution in [2.75, 3.05) is 31.6 Å². The van der Waals surface area contributed by atoms with Crippen LogP contribution in [0.5, 0.6) is 0 Å². The highest BCUT2D eigenvalue weighted by Crippen LogP contribution is 2.24. The Morgan fingerprint density at radius 2 is 1.17 bits per heavy atom. The van der Waals surface area contributed by atoms with Crippen LogP contribution in [0.4, 0.5) is 0 Å². The molecule has 0 saturated heterocycles. The number of hydrogen-bond donors (Lipinski definition) is 9. The van der Waals surface area contributed by atoms with Crippen LogP contribution in [0.15, 0.2) is 0 Å². The minimum absolute atomic E-state index is 0.144. The maximum Gasteiger partial charge on any atom is 0.323 e. The van der Waals surface area contributed by atoms with Crippen LogP contribution in [0.2, 0.25) is 0 Å². The van der Waals surface area contributed by atoms with Crippen LogP contribution in [-0.2, 0) is 38.4 Å². The first-order valence-electron chi connectivity index (χ1n) is 11.8. The summed E-state index contributed by atoms with van der Waals surface area (Å²) < 4.78 is 0. The number of nitrogens with zero attached hydrogens (tertiary/aromatic N) is 1. The van der Waals surface area contributed by atoms with Crippen molar-refractivity contribution in [1.82, 2.24) is 20.9 Å². The highest BCUT2D eigenvalue weighted by molar-refractivity contribution is 8.76. The van der Waals surface area contributed by atoms with Gasteiger partial charge in [0.15, 0.2) is 0 Å². The molecule has 0 aliphatic rings. The van der Waals surface area contributed by atoms with Crippen LogP contribution in [0.3, 0.4) is 0 Å². The molecule has 4 amide bonds. The second-order valence-corrected chi connectivity index (χ2v) is 11.0. The molecule has 0 fully saturated rings. The molecular formula is C21H34N6O12S2. The lowest BCUT2D eigenvalue weighted by atomic mass is 10.1. The first kappa shape index (κ1) is 37.4. The van der Waals surface area contributed by atoms with Gasteiger partial charge < -0.3 is 52.7 Å². The van der Waals surface area contributed by atoms with Gasteiger partial charge in [-0.2, -0.15) is 0 Å². The third-order valence-corrected chi connectivity index (χ3v) is 7.42. The number of nitrogens with two attached hydrogens (primary N) is 2. The minimum atomic E-state index is -1.34. The van der Waals surface area contributed by atoms with Crippen molar-refractivity contribution in [2.45, 2.75) is 49.9 Å². The van der Waals surface area contributed by atoms with E-state index in [-0.39, 0.29) is 37.2 Å². The van der Waals surface area contributed by atoms with E-state index in [2.05, 4.69) is 16.0 Å². The molecule has 0 heterocycles. The normalized spacial score (nSPS) is 13.5. The number of nitrogens with one attached hydrogen (secondary N) is 3. The molecule has 0 aliphatic carbocycles. The highest BCUT2D eigenvalue weighted by Gasteiger charge is 2.27. The molecular weight excluding hydrogens is 592 g/mol. The third-order valence-electron chi connectivity index (χ3n) is 5.00. The van der Waals surface area contributed by atoms with Gasteiger partial charge in [-0.25, -0.2) is 0 Å². The van der Waals surface area contributed by atoms with Gasteiger partial charge in [-0.1, -0.05) is 21.6 Å². The molecule has 0 aromatic rings. The van der Waals surface area contributed by atoms with Crippen molar-refractivity contribution in [3.8, 4) is 0 Å². The van der Waals surface area contributed by atoms with Gasteiger partial charge in [0.25, 0.3) is 0 Å². The van der Waals surface area contributed by atoms with Crippen molar-refractivity contribution in [2.24, 2.45) is 11.5 Å². The lowest BCUT2D eigenvalue weighted by Gasteiger charge is -2.23. The van der Waals surface area contributed by atoms with Gasteiger partial charge in [-0.3, -0.25) is 38.4 Å². The van der Waals surface area contributed by atoms with E-state index in [9.17, 15) is 38.4 Å². The Labute approximate surface area is 241 Å². The van der Waals surface area contributed by atoms with Gasteiger partial charge in [0.05, 0.1) is 0 Å². The van der Waals surface area contributed by atoms with Crippen LogP contribution in [0, 0.1) is 0 Å². The first-order chi connectivity index (χ1) is 19.0. The zero-order valence-corrected chi connectivity index (χ0v) is 23.6. The second kappa shape index (κ2) is 19.5. The van der Waals surface area contributed by atoms with E-state index in [1.807, 2.05) is 0 Å². The van der Waals surface area contributed by atoms with Crippen molar-refractivity contribution in [3.63, 3.8) is 0 Å². The average Bonchev–Trinajstić information content (AvgIpc) is 2.88. The maximum absolute atomic E-state index is 12.7. The number of rotatable bonds is 21. The number of carbonyl (C=O) groups is 8. The zero-order chi connectivity index (χ0) is 31.7. The lowest BCUT2D eigenvalue weighted by molar-refractivity contribution is -0.144. The predicted molar refractivity (Wildman–Crippen MR) is 144 cm³/mol. The average molecular weight is 627 g/mol. The molecule has 232 valence electrons. The highest BCUT2D eigenvalue weighted by atomic mass is 33.1. The minimum Gasteiger partial charge on any atom is -0.480 e. The maximum atomic E-state index is 12.7. The molecule has 0 aliphatic heterocycles. The number of carboxylic acid groups (broad SMARTS) is 4. The summed E-state index contributed by atoms with van der Waals surface area (Å²) >= 11 is 0. The lowest BCUT2D eigenvalue weighted by Crippen LogP contribution is -2.50. The Balaban J connectivity index is 5.31. The van der Waals surface area contributed by atoms with Crippen molar-refractivity contribution >= 4 is 69.1 Å². The predicted octanol–water partition coefficient (Wildman–Crippen LogP) is -3.53. The molecule has 41 heavy (non-hydrogen) atoms. The fourth-order valence-corrected chi connectivity index (χ4v) is 5.09. The van der Waals surface area contributed by atoms with E-state index < -0.39 is 84.8 Å². The van der Waals surface area contributed by atoms with Crippen molar-refractivity contribution in [1.29, 1.82) is 0 Å². The molecule has 20 heteroatoms. The Bertz CT molecular complexity index is 985. The summed E-state index contributed by atoms with van der Waals surface area (Å²) in [6.45, 7) is -1.41. The van der Waals surface area contributed by atoms with E-state index in [1.165, 1.54) is 7.05 Å². The topological polar surface area (TPSA) is 309 Å². The van der Waals surface area contributed by atoms with Crippen LogP contribution in [0.25, 0.3) is 0 Å². The van der Waals surface area contributed by atoms with Gasteiger partial charge in [-0.15, -0.1) is 0 Å². The smallest absolute Gasteiger partial charge is 0.323 e. The first-order valence-corrected chi connectivity index (χ1v) is 14.3. The Morgan fingerprint density at radius 3 is 1.59 bits per heavy atom. The summed E-state index contributed by atoms with van der Waals surface area (Å²) in [6, 6.07) is -5.14. The van der Waals surface area contributed by atoms with E-state index in [4.69, 9.17) is 31.9 Å². The standard InChI is InChI=1S/C21H34N6O12S2/c1-27(7-17(32)33)19(35)13(26-15(29)5-3-11(23)21(38)39)9-41-40-8-12(18(34)24-6-16(30)31)25-14(28)4-2-10(22)20(36)37/h10-13H,2-9,22-23H2,1H3,(H,24,34)(H,25,28)(H,26,29)(H,30,31)(H,32,33)(H,36,37)(H,38,39)/t10-,11-,12-,13-/m0/s1. The van der Waals surface area contributed by atoms with E-state index >= 15 is 0 Å².